The van der Waals surface area contributed by atoms with Crippen molar-refractivity contribution in [2.45, 2.75) is 31.6 Å². The lowest BCUT2D eigenvalue weighted by atomic mass is 10.1. The van der Waals surface area contributed by atoms with E-state index < -0.39 is 10.0 Å². The van der Waals surface area contributed by atoms with E-state index >= 15 is 0 Å². The average Bonchev–Trinajstić information content (AvgIpc) is 2.66. The summed E-state index contributed by atoms with van der Waals surface area (Å²) < 4.78 is 27.5. The van der Waals surface area contributed by atoms with Crippen LogP contribution in [0.5, 0.6) is 0 Å². The topological polar surface area (TPSA) is 91.3 Å². The number of sulfonamides is 1. The molecule has 152 valence electrons. The van der Waals surface area contributed by atoms with Crippen molar-refractivity contribution in [2.24, 2.45) is 0 Å². The van der Waals surface area contributed by atoms with E-state index in [9.17, 15) is 8.42 Å². The molecule has 3 rings (SSSR count). The number of anilines is 2. The molecule has 0 amide bonds. The highest BCUT2D eigenvalue weighted by atomic mass is 35.5. The van der Waals surface area contributed by atoms with Crippen LogP contribution in [0.2, 0.25) is 5.02 Å². The predicted octanol–water partition coefficient (Wildman–Crippen LogP) is 2.20. The largest absolute Gasteiger partial charge is 0.347 e. The van der Waals surface area contributed by atoms with Crippen molar-refractivity contribution in [1.29, 1.82) is 0 Å². The third-order valence-corrected chi connectivity index (χ3v) is 5.93. The lowest BCUT2D eigenvalue weighted by Gasteiger charge is -2.27. The van der Waals surface area contributed by atoms with Gasteiger partial charge in [-0.1, -0.05) is 23.7 Å². The summed E-state index contributed by atoms with van der Waals surface area (Å²) in [6.07, 6.45) is 3.41. The summed E-state index contributed by atoms with van der Waals surface area (Å²) in [5.74, 6) is 1.36. The van der Waals surface area contributed by atoms with Crippen LogP contribution in [-0.2, 0) is 22.3 Å². The van der Waals surface area contributed by atoms with Crippen LogP contribution in [0.3, 0.4) is 0 Å². The van der Waals surface area contributed by atoms with E-state index in [0.717, 1.165) is 25.9 Å². The fourth-order valence-electron chi connectivity index (χ4n) is 2.98. The molecule has 1 saturated heterocycles. The van der Waals surface area contributed by atoms with Crippen LogP contribution in [0.4, 0.5) is 11.9 Å². The Bertz CT molecular complexity index is 916. The fraction of sp³-hybridized carbons (Fsp3) is 0.500. The van der Waals surface area contributed by atoms with Gasteiger partial charge in [0.1, 0.15) is 0 Å². The van der Waals surface area contributed by atoms with Gasteiger partial charge in [0.25, 0.3) is 0 Å². The molecule has 8 nitrogen and oxygen atoms in total. The Morgan fingerprint density at radius 1 is 1.14 bits per heavy atom. The van der Waals surface area contributed by atoms with Crippen LogP contribution in [0.15, 0.2) is 24.3 Å². The Hall–Kier alpha value is -1.97. The summed E-state index contributed by atoms with van der Waals surface area (Å²) in [5, 5.41) is 0.506. The lowest BCUT2D eigenvalue weighted by molar-refractivity contribution is 0.563. The molecular formula is C18H25ClN6O2S. The number of benzene rings is 1. The smallest absolute Gasteiger partial charge is 0.230 e. The third-order valence-electron chi connectivity index (χ3n) is 4.39. The monoisotopic (exact) mass is 424 g/mol. The number of nitrogens with one attached hydrogen (secondary N) is 1. The maximum atomic E-state index is 12.4. The van der Waals surface area contributed by atoms with Crippen molar-refractivity contribution >= 4 is 33.5 Å². The molecule has 1 aliphatic heterocycles. The van der Waals surface area contributed by atoms with Gasteiger partial charge >= 0.3 is 0 Å². The molecule has 0 atom stereocenters. The predicted molar refractivity (Wildman–Crippen MR) is 111 cm³/mol. The molecule has 2 aromatic rings. The van der Waals surface area contributed by atoms with Crippen molar-refractivity contribution in [1.82, 2.24) is 19.7 Å². The lowest BCUT2D eigenvalue weighted by Crippen LogP contribution is -2.33. The van der Waals surface area contributed by atoms with Crippen LogP contribution in [0, 0.1) is 0 Å². The number of halogens is 1. The Balaban J connectivity index is 1.74. The number of piperidine rings is 1. The molecule has 1 fully saturated rings. The van der Waals surface area contributed by atoms with Gasteiger partial charge in [0.05, 0.1) is 12.3 Å². The SMILES string of the molecule is CN(C)c1nc(CNS(=O)(=O)Cc2cccc(Cl)c2)nc(N2CCCCC2)n1. The standard InChI is InChI=1S/C18H25ClN6O2S/c1-24(2)17-21-16(22-18(23-17)25-9-4-3-5-10-25)12-20-28(26,27)13-14-7-6-8-15(19)11-14/h6-8,11,20H,3-5,9-10,12-13H2,1-2H3. The maximum absolute atomic E-state index is 12.4. The summed E-state index contributed by atoms with van der Waals surface area (Å²) in [6.45, 7) is 1.81. The molecular weight excluding hydrogens is 400 g/mol. The molecule has 0 unspecified atom stereocenters. The van der Waals surface area contributed by atoms with Crippen molar-refractivity contribution in [3.05, 3.63) is 40.7 Å². The summed E-state index contributed by atoms with van der Waals surface area (Å²) >= 11 is 5.93. The molecule has 28 heavy (non-hydrogen) atoms. The van der Waals surface area contributed by atoms with Gasteiger partial charge in [-0.25, -0.2) is 13.1 Å². The minimum absolute atomic E-state index is 0.00704. The molecule has 2 heterocycles. The molecule has 0 aliphatic carbocycles. The molecule has 0 saturated carbocycles. The van der Waals surface area contributed by atoms with Crippen LogP contribution < -0.4 is 14.5 Å². The molecule has 0 radical (unpaired) electrons. The first kappa shape index (κ1) is 20.8. The van der Waals surface area contributed by atoms with Crippen molar-refractivity contribution in [3.8, 4) is 0 Å². The molecule has 0 spiro atoms. The third kappa shape index (κ3) is 5.76. The highest BCUT2D eigenvalue weighted by Crippen LogP contribution is 2.18. The van der Waals surface area contributed by atoms with Gasteiger partial charge in [0.15, 0.2) is 5.82 Å². The minimum Gasteiger partial charge on any atom is -0.347 e. The molecule has 0 bridgehead atoms. The normalized spacial score (nSPS) is 14.9. The summed E-state index contributed by atoms with van der Waals surface area (Å²) in [4.78, 5) is 17.3. The number of nitrogens with zero attached hydrogens (tertiary/aromatic N) is 5. The van der Waals surface area contributed by atoms with E-state index in [1.54, 1.807) is 29.2 Å². The Morgan fingerprint density at radius 3 is 2.57 bits per heavy atom. The number of rotatable bonds is 7. The first-order valence-corrected chi connectivity index (χ1v) is 11.2. The Labute approximate surface area is 171 Å². The van der Waals surface area contributed by atoms with E-state index in [4.69, 9.17) is 11.6 Å². The number of hydrogen-bond donors (Lipinski definition) is 1. The van der Waals surface area contributed by atoms with Gasteiger partial charge in [-0.2, -0.15) is 15.0 Å². The summed E-state index contributed by atoms with van der Waals surface area (Å²) in [7, 11) is 0.143. The van der Waals surface area contributed by atoms with Gasteiger partial charge in [-0.05, 0) is 37.0 Å². The van der Waals surface area contributed by atoms with Crippen molar-refractivity contribution in [2.75, 3.05) is 37.0 Å². The average molecular weight is 425 g/mol. The molecule has 1 aromatic carbocycles. The van der Waals surface area contributed by atoms with Gasteiger partial charge in [0.2, 0.25) is 21.9 Å². The Morgan fingerprint density at radius 2 is 1.89 bits per heavy atom. The number of hydrogen-bond acceptors (Lipinski definition) is 7. The van der Waals surface area contributed by atoms with Crippen LogP contribution in [0.25, 0.3) is 0 Å². The highest BCUT2D eigenvalue weighted by Gasteiger charge is 2.18. The zero-order valence-corrected chi connectivity index (χ0v) is 17.7. The van der Waals surface area contributed by atoms with E-state index in [0.29, 0.717) is 28.3 Å². The Kier molecular flexibility index (Phi) is 6.69. The second kappa shape index (κ2) is 9.02. The first-order chi connectivity index (χ1) is 13.3. The molecule has 1 N–H and O–H groups in total. The zero-order chi connectivity index (χ0) is 20.1. The minimum atomic E-state index is -3.56. The summed E-state index contributed by atoms with van der Waals surface area (Å²) in [5.41, 5.74) is 0.624. The second-order valence-corrected chi connectivity index (χ2v) is 9.25. The van der Waals surface area contributed by atoms with Gasteiger partial charge in [-0.3, -0.25) is 0 Å². The zero-order valence-electron chi connectivity index (χ0n) is 16.1. The van der Waals surface area contributed by atoms with Crippen molar-refractivity contribution < 1.29 is 8.42 Å². The van der Waals surface area contributed by atoms with E-state index in [1.165, 1.54) is 6.42 Å². The van der Waals surface area contributed by atoms with Gasteiger partial charge in [0, 0.05) is 32.2 Å². The highest BCUT2D eigenvalue weighted by molar-refractivity contribution is 7.88. The van der Waals surface area contributed by atoms with Crippen LogP contribution in [0.1, 0.15) is 30.7 Å². The molecule has 1 aliphatic rings. The van der Waals surface area contributed by atoms with E-state index in [-0.39, 0.29) is 12.3 Å². The first-order valence-electron chi connectivity index (χ1n) is 9.21. The fourth-order valence-corrected chi connectivity index (χ4v) is 4.26. The van der Waals surface area contributed by atoms with Gasteiger partial charge < -0.3 is 9.80 Å². The maximum Gasteiger partial charge on any atom is 0.230 e. The summed E-state index contributed by atoms with van der Waals surface area (Å²) in [6, 6.07) is 6.81. The van der Waals surface area contributed by atoms with Crippen LogP contribution in [-0.4, -0.2) is 50.6 Å². The van der Waals surface area contributed by atoms with Crippen molar-refractivity contribution in [3.63, 3.8) is 0 Å². The van der Waals surface area contributed by atoms with Crippen LogP contribution >= 0.6 is 11.6 Å². The molecule has 10 heteroatoms. The molecule has 1 aromatic heterocycles. The van der Waals surface area contributed by atoms with Gasteiger partial charge in [-0.15, -0.1) is 0 Å². The van der Waals surface area contributed by atoms with E-state index in [2.05, 4.69) is 24.6 Å². The second-order valence-electron chi connectivity index (χ2n) is 7.00. The number of aromatic nitrogens is 3. The van der Waals surface area contributed by atoms with E-state index in [1.807, 2.05) is 14.1 Å². The quantitative estimate of drug-likeness (QED) is 0.728.